The molecule has 1 aromatic rings. The zero-order valence-corrected chi connectivity index (χ0v) is 11.6. The quantitative estimate of drug-likeness (QED) is 0.787. The molecule has 2 nitrogen and oxygen atoms in total. The van der Waals surface area contributed by atoms with Crippen LogP contribution >= 0.6 is 0 Å². The molecule has 2 heterocycles. The molecule has 4 heteroatoms. The zero-order valence-electron chi connectivity index (χ0n) is 11.6. The Bertz CT molecular complexity index is 486. The summed E-state index contributed by atoms with van der Waals surface area (Å²) in [4.78, 5) is 14.9. The number of Topliss-reactive ketones (excluding diaryl/α,β-unsaturated/α-hetero) is 1. The van der Waals surface area contributed by atoms with E-state index in [-0.39, 0.29) is 17.3 Å². The summed E-state index contributed by atoms with van der Waals surface area (Å²) in [7, 11) is 2.14. The fourth-order valence-electron chi connectivity index (χ4n) is 3.65. The predicted octanol–water partition coefficient (Wildman–Crippen LogP) is 3.68. The monoisotopic (exact) mass is 279 g/mol. The van der Waals surface area contributed by atoms with E-state index in [0.717, 1.165) is 12.8 Å². The minimum atomic E-state index is -2.47. The molecule has 2 aliphatic rings. The minimum Gasteiger partial charge on any atom is -0.300 e. The van der Waals surface area contributed by atoms with Gasteiger partial charge in [0.1, 0.15) is 0 Å². The molecule has 2 unspecified atom stereocenters. The minimum absolute atomic E-state index is 0.0232. The van der Waals surface area contributed by atoms with Crippen molar-refractivity contribution in [1.29, 1.82) is 0 Å². The van der Waals surface area contributed by atoms with Gasteiger partial charge in [0.25, 0.3) is 6.43 Å². The van der Waals surface area contributed by atoms with Crippen molar-refractivity contribution < 1.29 is 13.6 Å². The molecule has 0 aromatic heterocycles. The molecule has 0 amide bonds. The first-order valence-corrected chi connectivity index (χ1v) is 7.20. The first kappa shape index (κ1) is 13.7. The summed E-state index contributed by atoms with van der Waals surface area (Å²) in [5.74, 6) is 0.178. The first-order valence-electron chi connectivity index (χ1n) is 7.20. The Hall–Kier alpha value is -1.29. The Labute approximate surface area is 117 Å². The molecule has 0 N–H and O–H groups in total. The molecular formula is C16H19F2NO. The van der Waals surface area contributed by atoms with Gasteiger partial charge in [-0.1, -0.05) is 24.3 Å². The zero-order chi connectivity index (χ0) is 14.3. The molecular weight excluding hydrogens is 260 g/mol. The average Bonchev–Trinajstić information content (AvgIpc) is 2.68. The maximum absolute atomic E-state index is 12.5. The predicted molar refractivity (Wildman–Crippen MR) is 73.0 cm³/mol. The largest absolute Gasteiger partial charge is 0.300 e. The number of rotatable bonds is 3. The Morgan fingerprint density at radius 2 is 1.70 bits per heavy atom. The van der Waals surface area contributed by atoms with Crippen LogP contribution in [0.25, 0.3) is 0 Å². The summed E-state index contributed by atoms with van der Waals surface area (Å²) in [6.07, 6.45) is 1.69. The number of halogens is 2. The summed E-state index contributed by atoms with van der Waals surface area (Å²) in [6, 6.07) is 6.85. The number of benzene rings is 1. The summed E-state index contributed by atoms with van der Waals surface area (Å²) < 4.78 is 25.0. The maximum Gasteiger partial charge on any atom is 0.263 e. The van der Waals surface area contributed by atoms with Crippen LogP contribution in [0.15, 0.2) is 24.3 Å². The Kier molecular flexibility index (Phi) is 3.59. The van der Waals surface area contributed by atoms with Gasteiger partial charge in [0.2, 0.25) is 0 Å². The number of hydrogen-bond donors (Lipinski definition) is 0. The fraction of sp³-hybridized carbons (Fsp3) is 0.562. The van der Waals surface area contributed by atoms with Gasteiger partial charge in [-0.05, 0) is 32.7 Å². The molecule has 2 atom stereocenters. The molecule has 3 rings (SSSR count). The van der Waals surface area contributed by atoms with E-state index in [2.05, 4.69) is 11.9 Å². The molecule has 1 aromatic carbocycles. The van der Waals surface area contributed by atoms with Crippen LogP contribution in [0.4, 0.5) is 8.78 Å². The normalized spacial score (nSPS) is 29.9. The van der Waals surface area contributed by atoms with Gasteiger partial charge >= 0.3 is 0 Å². The van der Waals surface area contributed by atoms with E-state index in [1.165, 1.54) is 25.0 Å². The standard InChI is InChI=1S/C16H19F2NO/c1-19-13-6-7-14(19)9-12(8-13)15(20)10-2-4-11(5-3-10)16(17)18/h2-5,12-14,16H,6-9H2,1H3. The van der Waals surface area contributed by atoms with Gasteiger partial charge < -0.3 is 4.90 Å². The lowest BCUT2D eigenvalue weighted by Gasteiger charge is -2.35. The maximum atomic E-state index is 12.5. The van der Waals surface area contributed by atoms with Gasteiger partial charge in [0.15, 0.2) is 5.78 Å². The Morgan fingerprint density at radius 1 is 1.15 bits per heavy atom. The second-order valence-corrected chi connectivity index (χ2v) is 6.01. The lowest BCUT2D eigenvalue weighted by Crippen LogP contribution is -2.42. The second-order valence-electron chi connectivity index (χ2n) is 6.01. The second kappa shape index (κ2) is 5.24. The summed E-state index contributed by atoms with van der Waals surface area (Å²) in [5.41, 5.74) is 0.549. The van der Waals surface area contributed by atoms with Crippen molar-refractivity contribution in [2.45, 2.75) is 44.2 Å². The molecule has 2 aliphatic heterocycles. The van der Waals surface area contributed by atoms with Crippen molar-refractivity contribution in [1.82, 2.24) is 4.90 Å². The van der Waals surface area contributed by atoms with Crippen LogP contribution in [0.2, 0.25) is 0 Å². The lowest BCUT2D eigenvalue weighted by atomic mass is 9.85. The number of ketones is 1. The highest BCUT2D eigenvalue weighted by atomic mass is 19.3. The SMILES string of the molecule is CN1C2CCC1CC(C(=O)c1ccc(C(F)F)cc1)C2. The lowest BCUT2D eigenvalue weighted by molar-refractivity contribution is 0.0767. The third-order valence-corrected chi connectivity index (χ3v) is 4.92. The summed E-state index contributed by atoms with van der Waals surface area (Å²) in [6.45, 7) is 0. The van der Waals surface area contributed by atoms with Gasteiger partial charge in [0.05, 0.1) is 0 Å². The summed E-state index contributed by atoms with van der Waals surface area (Å²) in [5, 5.41) is 0. The number of carbonyl (C=O) groups is 1. The number of hydrogen-bond acceptors (Lipinski definition) is 2. The third-order valence-electron chi connectivity index (χ3n) is 4.92. The molecule has 0 spiro atoms. The van der Waals surface area contributed by atoms with Crippen LogP contribution in [0.1, 0.15) is 48.0 Å². The highest BCUT2D eigenvalue weighted by Gasteiger charge is 2.40. The van der Waals surface area contributed by atoms with E-state index < -0.39 is 6.43 Å². The van der Waals surface area contributed by atoms with Crippen molar-refractivity contribution >= 4 is 5.78 Å². The topological polar surface area (TPSA) is 20.3 Å². The Balaban J connectivity index is 1.73. The van der Waals surface area contributed by atoms with Gasteiger partial charge in [-0.15, -0.1) is 0 Å². The summed E-state index contributed by atoms with van der Waals surface area (Å²) >= 11 is 0. The molecule has 2 saturated heterocycles. The van der Waals surface area contributed by atoms with Crippen LogP contribution in [0.3, 0.4) is 0 Å². The van der Waals surface area contributed by atoms with Gasteiger partial charge in [-0.25, -0.2) is 8.78 Å². The molecule has 0 saturated carbocycles. The molecule has 20 heavy (non-hydrogen) atoms. The van der Waals surface area contributed by atoms with E-state index >= 15 is 0 Å². The van der Waals surface area contributed by atoms with Crippen LogP contribution in [-0.4, -0.2) is 29.8 Å². The molecule has 2 fully saturated rings. The van der Waals surface area contributed by atoms with Crippen molar-refractivity contribution in [2.24, 2.45) is 5.92 Å². The van der Waals surface area contributed by atoms with Crippen molar-refractivity contribution in [3.63, 3.8) is 0 Å². The average molecular weight is 279 g/mol. The van der Waals surface area contributed by atoms with Crippen molar-refractivity contribution in [3.8, 4) is 0 Å². The number of nitrogens with zero attached hydrogens (tertiary/aromatic N) is 1. The van der Waals surface area contributed by atoms with Gasteiger partial charge in [-0.3, -0.25) is 4.79 Å². The van der Waals surface area contributed by atoms with Gasteiger partial charge in [-0.2, -0.15) is 0 Å². The van der Waals surface area contributed by atoms with Crippen molar-refractivity contribution in [2.75, 3.05) is 7.05 Å². The van der Waals surface area contributed by atoms with E-state index in [1.807, 2.05) is 0 Å². The smallest absolute Gasteiger partial charge is 0.263 e. The molecule has 0 radical (unpaired) electrons. The first-order chi connectivity index (χ1) is 9.56. The van der Waals surface area contributed by atoms with Crippen molar-refractivity contribution in [3.05, 3.63) is 35.4 Å². The molecule has 0 aliphatic carbocycles. The highest BCUT2D eigenvalue weighted by molar-refractivity contribution is 5.98. The van der Waals surface area contributed by atoms with E-state index in [1.54, 1.807) is 12.1 Å². The van der Waals surface area contributed by atoms with Crippen LogP contribution in [0, 0.1) is 5.92 Å². The number of carbonyl (C=O) groups excluding carboxylic acids is 1. The number of alkyl halides is 2. The van der Waals surface area contributed by atoms with Crippen LogP contribution in [0.5, 0.6) is 0 Å². The Morgan fingerprint density at radius 3 is 2.20 bits per heavy atom. The molecule has 2 bridgehead atoms. The highest BCUT2D eigenvalue weighted by Crippen LogP contribution is 2.38. The van der Waals surface area contributed by atoms with Crippen LogP contribution < -0.4 is 0 Å². The fourth-order valence-corrected chi connectivity index (χ4v) is 3.65. The van der Waals surface area contributed by atoms with E-state index in [9.17, 15) is 13.6 Å². The number of piperidine rings is 1. The number of fused-ring (bicyclic) bond motifs is 2. The third kappa shape index (κ3) is 2.37. The molecule has 108 valence electrons. The van der Waals surface area contributed by atoms with Gasteiger partial charge in [0, 0.05) is 29.1 Å². The van der Waals surface area contributed by atoms with E-state index in [0.29, 0.717) is 17.6 Å². The van der Waals surface area contributed by atoms with Crippen LogP contribution in [-0.2, 0) is 0 Å². The van der Waals surface area contributed by atoms with E-state index in [4.69, 9.17) is 0 Å².